The number of halogens is 2. The summed E-state index contributed by atoms with van der Waals surface area (Å²) in [7, 11) is 0. The summed E-state index contributed by atoms with van der Waals surface area (Å²) in [6.07, 6.45) is 2.87. The van der Waals surface area contributed by atoms with Crippen LogP contribution in [0.3, 0.4) is 0 Å². The van der Waals surface area contributed by atoms with E-state index in [4.69, 9.17) is 4.74 Å². The monoisotopic (exact) mass is 300 g/mol. The molecule has 1 amide bonds. The Morgan fingerprint density at radius 1 is 1.24 bits per heavy atom. The van der Waals surface area contributed by atoms with Crippen LogP contribution in [-0.2, 0) is 4.79 Å². The number of rotatable bonds is 4. The Hall–Kier alpha value is -2.25. The van der Waals surface area contributed by atoms with Gasteiger partial charge in [0.1, 0.15) is 0 Å². The molecule has 1 aromatic rings. The number of amides is 1. The second-order valence-corrected chi connectivity index (χ2v) is 4.72. The fourth-order valence-electron chi connectivity index (χ4n) is 2.14. The van der Waals surface area contributed by atoms with Crippen LogP contribution in [0.1, 0.15) is 19.3 Å². The summed E-state index contributed by atoms with van der Waals surface area (Å²) in [6, 6.07) is 1.02. The van der Waals surface area contributed by atoms with E-state index in [1.54, 1.807) is 4.90 Å². The molecule has 0 atom stereocenters. The number of likely N-dealkylation sites (tertiary alicyclic amines) is 1. The lowest BCUT2D eigenvalue weighted by atomic mass is 10.1. The molecule has 114 valence electrons. The first-order valence-corrected chi connectivity index (χ1v) is 6.53. The molecular formula is C13H14F2N2O4. The van der Waals surface area contributed by atoms with Crippen molar-refractivity contribution >= 4 is 11.6 Å². The molecule has 0 unspecified atom stereocenters. The fourth-order valence-corrected chi connectivity index (χ4v) is 2.14. The van der Waals surface area contributed by atoms with Crippen LogP contribution in [0.4, 0.5) is 14.5 Å². The highest BCUT2D eigenvalue weighted by atomic mass is 19.1. The molecule has 6 nitrogen and oxygen atoms in total. The topological polar surface area (TPSA) is 72.7 Å². The molecule has 0 radical (unpaired) electrons. The average Bonchev–Trinajstić information content (AvgIpc) is 2.46. The van der Waals surface area contributed by atoms with E-state index in [0.717, 1.165) is 19.3 Å². The van der Waals surface area contributed by atoms with Crippen LogP contribution in [0.15, 0.2) is 12.1 Å². The smallest absolute Gasteiger partial charge is 0.308 e. The van der Waals surface area contributed by atoms with E-state index < -0.39 is 34.6 Å². The lowest BCUT2D eigenvalue weighted by Gasteiger charge is -2.26. The van der Waals surface area contributed by atoms with Gasteiger partial charge in [-0.1, -0.05) is 0 Å². The molecule has 21 heavy (non-hydrogen) atoms. The molecule has 1 aliphatic rings. The van der Waals surface area contributed by atoms with Gasteiger partial charge >= 0.3 is 5.69 Å². The second-order valence-electron chi connectivity index (χ2n) is 4.72. The predicted molar refractivity (Wildman–Crippen MR) is 68.9 cm³/mol. The van der Waals surface area contributed by atoms with Crippen molar-refractivity contribution in [2.45, 2.75) is 19.3 Å². The van der Waals surface area contributed by atoms with Crippen molar-refractivity contribution in [1.82, 2.24) is 4.90 Å². The number of ether oxygens (including phenoxy) is 1. The van der Waals surface area contributed by atoms with Gasteiger partial charge in [0.05, 0.1) is 11.0 Å². The molecular weight excluding hydrogens is 286 g/mol. The zero-order valence-corrected chi connectivity index (χ0v) is 11.2. The molecule has 8 heteroatoms. The number of hydrogen-bond donors (Lipinski definition) is 0. The zero-order valence-electron chi connectivity index (χ0n) is 11.2. The van der Waals surface area contributed by atoms with Crippen LogP contribution in [0.25, 0.3) is 0 Å². The van der Waals surface area contributed by atoms with Crippen molar-refractivity contribution in [3.8, 4) is 5.75 Å². The first-order valence-electron chi connectivity index (χ1n) is 6.53. The van der Waals surface area contributed by atoms with Gasteiger partial charge in [0.2, 0.25) is 5.82 Å². The number of carbonyl (C=O) groups is 1. The quantitative estimate of drug-likeness (QED) is 0.631. The Balaban J connectivity index is 2.04. The number of carbonyl (C=O) groups excluding carboxylic acids is 1. The molecule has 1 aromatic carbocycles. The lowest BCUT2D eigenvalue weighted by molar-refractivity contribution is -0.387. The van der Waals surface area contributed by atoms with Crippen molar-refractivity contribution < 1.29 is 23.2 Å². The summed E-state index contributed by atoms with van der Waals surface area (Å²) in [4.78, 5) is 23.0. The number of nitro groups is 1. The maximum absolute atomic E-state index is 13.5. The zero-order chi connectivity index (χ0) is 15.4. The summed E-state index contributed by atoms with van der Waals surface area (Å²) in [5, 5.41) is 10.6. The van der Waals surface area contributed by atoms with Crippen LogP contribution in [0, 0.1) is 21.7 Å². The van der Waals surface area contributed by atoms with Gasteiger partial charge in [-0.3, -0.25) is 14.9 Å². The fraction of sp³-hybridized carbons (Fsp3) is 0.462. The molecule has 0 spiro atoms. The Bertz CT molecular complexity index is 559. The van der Waals surface area contributed by atoms with Gasteiger partial charge in [-0.25, -0.2) is 4.39 Å². The molecule has 1 aliphatic heterocycles. The summed E-state index contributed by atoms with van der Waals surface area (Å²) >= 11 is 0. The van der Waals surface area contributed by atoms with E-state index in [2.05, 4.69) is 0 Å². The number of benzene rings is 1. The summed E-state index contributed by atoms with van der Waals surface area (Å²) in [6.45, 7) is 0.808. The molecule has 0 saturated carbocycles. The number of nitro benzene ring substituents is 1. The summed E-state index contributed by atoms with van der Waals surface area (Å²) in [5.74, 6) is -3.19. The minimum atomic E-state index is -1.28. The van der Waals surface area contributed by atoms with Gasteiger partial charge in [0.15, 0.2) is 18.2 Å². The van der Waals surface area contributed by atoms with Gasteiger partial charge in [0.25, 0.3) is 5.91 Å². The predicted octanol–water partition coefficient (Wildman–Crippen LogP) is 2.26. The molecule has 1 saturated heterocycles. The SMILES string of the molecule is O=C(COc1cc([N+](=O)[O-])c(F)cc1F)N1CCCCC1. The van der Waals surface area contributed by atoms with Crippen molar-refractivity contribution in [2.75, 3.05) is 19.7 Å². The molecule has 2 rings (SSSR count). The molecule has 0 N–H and O–H groups in total. The Morgan fingerprint density at radius 2 is 1.90 bits per heavy atom. The molecule has 1 fully saturated rings. The second kappa shape index (κ2) is 6.47. The van der Waals surface area contributed by atoms with E-state index in [-0.39, 0.29) is 5.91 Å². The third kappa shape index (κ3) is 3.65. The van der Waals surface area contributed by atoms with Crippen LogP contribution in [0.5, 0.6) is 5.75 Å². The van der Waals surface area contributed by atoms with Gasteiger partial charge in [-0.05, 0) is 19.3 Å². The normalized spacial score (nSPS) is 14.9. The molecule has 0 aliphatic carbocycles. The van der Waals surface area contributed by atoms with Gasteiger partial charge in [-0.15, -0.1) is 0 Å². The average molecular weight is 300 g/mol. The maximum Gasteiger partial charge on any atom is 0.308 e. The summed E-state index contributed by atoms with van der Waals surface area (Å²) in [5.41, 5.74) is -0.892. The largest absolute Gasteiger partial charge is 0.480 e. The highest BCUT2D eigenvalue weighted by molar-refractivity contribution is 5.77. The van der Waals surface area contributed by atoms with Crippen molar-refractivity contribution in [3.63, 3.8) is 0 Å². The Kier molecular flexibility index (Phi) is 4.66. The Labute approximate surface area is 119 Å². The number of nitrogens with zero attached hydrogens (tertiary/aromatic N) is 2. The van der Waals surface area contributed by atoms with E-state index >= 15 is 0 Å². The number of hydrogen-bond acceptors (Lipinski definition) is 4. The van der Waals surface area contributed by atoms with Crippen molar-refractivity contribution in [3.05, 3.63) is 33.9 Å². The first kappa shape index (κ1) is 15.1. The highest BCUT2D eigenvalue weighted by Crippen LogP contribution is 2.26. The van der Waals surface area contributed by atoms with Crippen LogP contribution < -0.4 is 4.74 Å². The van der Waals surface area contributed by atoms with Crippen LogP contribution >= 0.6 is 0 Å². The summed E-state index contributed by atoms with van der Waals surface area (Å²) < 4.78 is 31.6. The van der Waals surface area contributed by atoms with Gasteiger partial charge in [0, 0.05) is 19.2 Å². The highest BCUT2D eigenvalue weighted by Gasteiger charge is 2.21. The molecule has 0 bridgehead atoms. The third-order valence-corrected chi connectivity index (χ3v) is 3.26. The van der Waals surface area contributed by atoms with Crippen molar-refractivity contribution in [2.24, 2.45) is 0 Å². The lowest BCUT2D eigenvalue weighted by Crippen LogP contribution is -2.38. The molecule has 0 aromatic heterocycles. The van der Waals surface area contributed by atoms with Crippen LogP contribution in [0.2, 0.25) is 0 Å². The van der Waals surface area contributed by atoms with E-state index in [0.29, 0.717) is 25.2 Å². The number of piperidine rings is 1. The van der Waals surface area contributed by atoms with Crippen LogP contribution in [-0.4, -0.2) is 35.4 Å². The molecule has 1 heterocycles. The minimum Gasteiger partial charge on any atom is -0.480 e. The minimum absolute atomic E-state index is 0.318. The first-order chi connectivity index (χ1) is 9.99. The van der Waals surface area contributed by atoms with Gasteiger partial charge < -0.3 is 9.64 Å². The third-order valence-electron chi connectivity index (χ3n) is 3.26. The standard InChI is InChI=1S/C13H14F2N2O4/c14-9-6-10(15)12(7-11(9)17(19)20)21-8-13(18)16-4-2-1-3-5-16/h6-7H,1-5,8H2. The van der Waals surface area contributed by atoms with E-state index in [1.807, 2.05) is 0 Å². The van der Waals surface area contributed by atoms with E-state index in [9.17, 15) is 23.7 Å². The van der Waals surface area contributed by atoms with Gasteiger partial charge in [-0.2, -0.15) is 4.39 Å². The van der Waals surface area contributed by atoms with E-state index in [1.165, 1.54) is 0 Å². The maximum atomic E-state index is 13.5. The Morgan fingerprint density at radius 3 is 2.52 bits per heavy atom. The van der Waals surface area contributed by atoms with Crippen molar-refractivity contribution in [1.29, 1.82) is 0 Å².